The van der Waals surface area contributed by atoms with Crippen molar-refractivity contribution >= 4 is 29.4 Å². The number of anilines is 2. The van der Waals surface area contributed by atoms with E-state index in [2.05, 4.69) is 20.3 Å². The molecule has 1 aromatic heterocycles. The summed E-state index contributed by atoms with van der Waals surface area (Å²) in [6, 6.07) is 0. The molecule has 1 rings (SSSR count). The third-order valence-corrected chi connectivity index (χ3v) is 3.17. The summed E-state index contributed by atoms with van der Waals surface area (Å²) < 4.78 is 0. The number of halogens is 1. The minimum atomic E-state index is -0.0692. The zero-order chi connectivity index (χ0) is 15.8. The van der Waals surface area contributed by atoms with Crippen LogP contribution in [0.4, 0.5) is 11.9 Å². The molecule has 0 atom stereocenters. The van der Waals surface area contributed by atoms with Crippen LogP contribution >= 0.6 is 11.6 Å². The Morgan fingerprint density at radius 3 is 2.00 bits per heavy atom. The van der Waals surface area contributed by atoms with Gasteiger partial charge in [0.15, 0.2) is 0 Å². The van der Waals surface area contributed by atoms with E-state index in [4.69, 9.17) is 11.6 Å². The number of hydrogen-bond acceptors (Lipinski definition) is 6. The van der Waals surface area contributed by atoms with Gasteiger partial charge in [-0.2, -0.15) is 15.0 Å². The first-order chi connectivity index (χ1) is 10.0. The molecular formula is C13H23ClN6O. The Morgan fingerprint density at radius 1 is 1.00 bits per heavy atom. The van der Waals surface area contributed by atoms with Gasteiger partial charge in [-0.25, -0.2) is 0 Å². The maximum atomic E-state index is 11.7. The molecule has 0 fully saturated rings. The van der Waals surface area contributed by atoms with Gasteiger partial charge < -0.3 is 15.1 Å². The first-order valence-corrected chi connectivity index (χ1v) is 7.61. The molecule has 1 aromatic rings. The van der Waals surface area contributed by atoms with Crippen molar-refractivity contribution in [2.24, 2.45) is 0 Å². The van der Waals surface area contributed by atoms with Crippen LogP contribution in [0.3, 0.4) is 0 Å². The summed E-state index contributed by atoms with van der Waals surface area (Å²) in [5.74, 6) is 0.885. The van der Waals surface area contributed by atoms with Crippen molar-refractivity contribution in [3.8, 4) is 0 Å². The number of carbonyl (C=O) groups is 1. The van der Waals surface area contributed by atoms with Crippen LogP contribution in [0.15, 0.2) is 0 Å². The minimum absolute atomic E-state index is 0.0692. The van der Waals surface area contributed by atoms with E-state index in [0.717, 1.165) is 13.1 Å². The highest BCUT2D eigenvalue weighted by molar-refractivity contribution is 6.28. The summed E-state index contributed by atoms with van der Waals surface area (Å²) >= 11 is 5.99. The van der Waals surface area contributed by atoms with Gasteiger partial charge in [0.05, 0.1) is 6.54 Å². The lowest BCUT2D eigenvalue weighted by Crippen LogP contribution is -2.38. The molecule has 0 saturated carbocycles. The Morgan fingerprint density at radius 2 is 1.52 bits per heavy atom. The second-order valence-corrected chi connectivity index (χ2v) is 4.68. The van der Waals surface area contributed by atoms with E-state index >= 15 is 0 Å². The number of nitrogens with zero attached hydrogens (tertiary/aromatic N) is 5. The summed E-state index contributed by atoms with van der Waals surface area (Å²) in [7, 11) is 0. The normalized spacial score (nSPS) is 10.3. The third kappa shape index (κ3) is 5.00. The fraction of sp³-hybridized carbons (Fsp3) is 0.692. The van der Waals surface area contributed by atoms with Crippen LogP contribution in [0.25, 0.3) is 0 Å². The summed E-state index contributed by atoms with van der Waals surface area (Å²) in [5.41, 5.74) is 0. The first kappa shape index (κ1) is 17.4. The van der Waals surface area contributed by atoms with E-state index < -0.39 is 0 Å². The van der Waals surface area contributed by atoms with Crippen LogP contribution in [0, 0.1) is 0 Å². The molecule has 0 aliphatic heterocycles. The van der Waals surface area contributed by atoms with Crippen molar-refractivity contribution in [3.05, 3.63) is 5.28 Å². The average Bonchev–Trinajstić information content (AvgIpc) is 2.45. The van der Waals surface area contributed by atoms with E-state index in [1.807, 2.05) is 32.6 Å². The molecule has 21 heavy (non-hydrogen) atoms. The zero-order valence-corrected chi connectivity index (χ0v) is 13.8. The van der Waals surface area contributed by atoms with E-state index in [1.165, 1.54) is 0 Å². The monoisotopic (exact) mass is 314 g/mol. The van der Waals surface area contributed by atoms with Gasteiger partial charge in [0.1, 0.15) is 0 Å². The topological polar surface area (TPSA) is 74.2 Å². The predicted octanol–water partition coefficient (Wildman–Crippen LogP) is 1.33. The van der Waals surface area contributed by atoms with Crippen molar-refractivity contribution in [1.82, 2.24) is 20.3 Å². The van der Waals surface area contributed by atoms with Crippen molar-refractivity contribution < 1.29 is 4.79 Å². The summed E-state index contributed by atoms with van der Waals surface area (Å²) in [4.78, 5) is 28.2. The SMILES string of the molecule is CCNC(=O)CN(CC)c1nc(Cl)nc(N(CC)CC)n1. The van der Waals surface area contributed by atoms with Crippen molar-refractivity contribution in [2.45, 2.75) is 27.7 Å². The van der Waals surface area contributed by atoms with E-state index in [-0.39, 0.29) is 17.7 Å². The van der Waals surface area contributed by atoms with Gasteiger partial charge in [-0.05, 0) is 39.3 Å². The molecule has 8 heteroatoms. The molecule has 118 valence electrons. The Hall–Kier alpha value is -1.63. The lowest BCUT2D eigenvalue weighted by Gasteiger charge is -2.23. The van der Waals surface area contributed by atoms with E-state index in [0.29, 0.717) is 25.0 Å². The largest absolute Gasteiger partial charge is 0.355 e. The van der Waals surface area contributed by atoms with Gasteiger partial charge in [-0.15, -0.1) is 0 Å². The predicted molar refractivity (Wildman–Crippen MR) is 85.0 cm³/mol. The molecule has 0 radical (unpaired) electrons. The molecule has 0 spiro atoms. The highest BCUT2D eigenvalue weighted by atomic mass is 35.5. The fourth-order valence-corrected chi connectivity index (χ4v) is 2.02. The second-order valence-electron chi connectivity index (χ2n) is 4.34. The van der Waals surface area contributed by atoms with Crippen LogP contribution in [0.1, 0.15) is 27.7 Å². The van der Waals surface area contributed by atoms with Gasteiger partial charge in [-0.3, -0.25) is 4.79 Å². The highest BCUT2D eigenvalue weighted by Crippen LogP contribution is 2.16. The Kier molecular flexibility index (Phi) is 7.14. The third-order valence-electron chi connectivity index (χ3n) is 3.00. The molecule has 0 aliphatic rings. The Balaban J connectivity index is 3.01. The fourth-order valence-electron chi connectivity index (χ4n) is 1.87. The van der Waals surface area contributed by atoms with Crippen LogP contribution in [0.2, 0.25) is 5.28 Å². The lowest BCUT2D eigenvalue weighted by molar-refractivity contribution is -0.119. The molecule has 1 amide bonds. The van der Waals surface area contributed by atoms with Gasteiger partial charge in [0.2, 0.25) is 23.1 Å². The van der Waals surface area contributed by atoms with Gasteiger partial charge in [0.25, 0.3) is 0 Å². The summed E-state index contributed by atoms with van der Waals surface area (Å²) in [6.07, 6.45) is 0. The number of amides is 1. The van der Waals surface area contributed by atoms with Crippen LogP contribution < -0.4 is 15.1 Å². The molecule has 7 nitrogen and oxygen atoms in total. The summed E-state index contributed by atoms with van der Waals surface area (Å²) in [5, 5.41) is 2.89. The zero-order valence-electron chi connectivity index (χ0n) is 13.1. The molecule has 0 saturated heterocycles. The summed E-state index contributed by atoms with van der Waals surface area (Å²) in [6.45, 7) is 10.8. The van der Waals surface area contributed by atoms with E-state index in [1.54, 1.807) is 4.90 Å². The van der Waals surface area contributed by atoms with Crippen LogP contribution in [-0.4, -0.2) is 53.6 Å². The number of carbonyl (C=O) groups excluding carboxylic acids is 1. The van der Waals surface area contributed by atoms with Gasteiger partial charge in [0, 0.05) is 26.2 Å². The van der Waals surface area contributed by atoms with Crippen molar-refractivity contribution in [1.29, 1.82) is 0 Å². The van der Waals surface area contributed by atoms with E-state index in [9.17, 15) is 4.79 Å². The number of likely N-dealkylation sites (N-methyl/N-ethyl adjacent to an activating group) is 2. The quantitative estimate of drug-likeness (QED) is 0.780. The number of rotatable bonds is 8. The molecule has 0 bridgehead atoms. The van der Waals surface area contributed by atoms with Gasteiger partial charge in [-0.1, -0.05) is 0 Å². The van der Waals surface area contributed by atoms with Crippen LogP contribution in [0.5, 0.6) is 0 Å². The standard InChI is InChI=1S/C13H23ClN6O/c1-5-15-10(21)9-20(8-4)13-17-11(14)16-12(18-13)19(6-2)7-3/h5-9H2,1-4H3,(H,15,21). The number of hydrogen-bond donors (Lipinski definition) is 1. The van der Waals surface area contributed by atoms with Crippen molar-refractivity contribution in [2.75, 3.05) is 42.5 Å². The highest BCUT2D eigenvalue weighted by Gasteiger charge is 2.16. The second kappa shape index (κ2) is 8.61. The van der Waals surface area contributed by atoms with Crippen LogP contribution in [-0.2, 0) is 4.79 Å². The molecule has 0 aliphatic carbocycles. The smallest absolute Gasteiger partial charge is 0.239 e. The Bertz CT molecular complexity index is 466. The average molecular weight is 315 g/mol. The molecule has 1 N–H and O–H groups in total. The molecule has 0 aromatic carbocycles. The minimum Gasteiger partial charge on any atom is -0.355 e. The number of nitrogens with one attached hydrogen (secondary N) is 1. The number of aromatic nitrogens is 3. The maximum Gasteiger partial charge on any atom is 0.239 e. The first-order valence-electron chi connectivity index (χ1n) is 7.23. The molecular weight excluding hydrogens is 292 g/mol. The molecule has 1 heterocycles. The van der Waals surface area contributed by atoms with Gasteiger partial charge >= 0.3 is 0 Å². The maximum absolute atomic E-state index is 11.7. The lowest BCUT2D eigenvalue weighted by atomic mass is 10.4. The Labute approximate surface area is 130 Å². The van der Waals surface area contributed by atoms with Crippen molar-refractivity contribution in [3.63, 3.8) is 0 Å². The molecule has 0 unspecified atom stereocenters.